The average molecular weight is 670 g/mol. The van der Waals surface area contributed by atoms with E-state index in [0.29, 0.717) is 47.4 Å². The third-order valence-corrected chi connectivity index (χ3v) is 9.42. The van der Waals surface area contributed by atoms with Gasteiger partial charge in [-0.1, -0.05) is 35.7 Å². The summed E-state index contributed by atoms with van der Waals surface area (Å²) in [6.07, 6.45) is 4.28. The minimum Gasteiger partial charge on any atom is -0.482 e. The topological polar surface area (TPSA) is 107 Å². The summed E-state index contributed by atoms with van der Waals surface area (Å²) in [6.45, 7) is 7.77. The summed E-state index contributed by atoms with van der Waals surface area (Å²) in [5.74, 6) is -0.385. The lowest BCUT2D eigenvalue weighted by molar-refractivity contribution is -0.157. The van der Waals surface area contributed by atoms with E-state index < -0.39 is 17.1 Å². The maximum atomic E-state index is 14.1. The van der Waals surface area contributed by atoms with E-state index in [1.54, 1.807) is 45.0 Å². The van der Waals surface area contributed by atoms with Crippen LogP contribution in [0.2, 0.25) is 10.0 Å². The maximum absolute atomic E-state index is 14.1. The number of aromatic nitrogens is 1. The van der Waals surface area contributed by atoms with Crippen molar-refractivity contribution in [1.82, 2.24) is 14.4 Å². The van der Waals surface area contributed by atoms with Gasteiger partial charge in [-0.15, -0.1) is 0 Å². The first-order chi connectivity index (χ1) is 21.8. The van der Waals surface area contributed by atoms with Gasteiger partial charge in [0.2, 0.25) is 5.91 Å². The standard InChI is InChI=1S/C35H42Cl2N4O5/c1-34(2,3)46-30(42)22-45-25-11-8-23(9-12-25)31-27(26-13-10-24(36)20-28(26)37)21-29(39(31)4)32(43)40-18-14-35(15-19-40,33(38)44)41-16-6-5-7-17-41/h8-13,20-21H,5-7,14-19,22H2,1-4H3,(H2,38,44). The Labute approximate surface area is 280 Å². The maximum Gasteiger partial charge on any atom is 0.344 e. The summed E-state index contributed by atoms with van der Waals surface area (Å²) in [5, 5.41) is 0.968. The Morgan fingerprint density at radius 1 is 0.891 bits per heavy atom. The van der Waals surface area contributed by atoms with Crippen LogP contribution in [0.5, 0.6) is 5.75 Å². The molecular weight excluding hydrogens is 627 g/mol. The number of hydrogen-bond donors (Lipinski definition) is 1. The summed E-state index contributed by atoms with van der Waals surface area (Å²) in [4.78, 5) is 43.1. The Kier molecular flexibility index (Phi) is 10.1. The molecule has 3 heterocycles. The highest BCUT2D eigenvalue weighted by molar-refractivity contribution is 6.36. The summed E-state index contributed by atoms with van der Waals surface area (Å²) < 4.78 is 12.9. The van der Waals surface area contributed by atoms with Crippen molar-refractivity contribution < 1.29 is 23.9 Å². The number of primary amides is 1. The lowest BCUT2D eigenvalue weighted by atomic mass is 9.83. The molecule has 246 valence electrons. The third-order valence-electron chi connectivity index (χ3n) is 8.88. The minimum absolute atomic E-state index is 0.130. The molecule has 3 aromatic rings. The molecule has 2 amide bonds. The van der Waals surface area contributed by atoms with E-state index in [9.17, 15) is 14.4 Å². The molecular formula is C35H42Cl2N4O5. The van der Waals surface area contributed by atoms with Crippen LogP contribution in [0.4, 0.5) is 0 Å². The summed E-state index contributed by atoms with van der Waals surface area (Å²) in [6, 6.07) is 14.5. The number of rotatable bonds is 8. The molecule has 0 spiro atoms. The van der Waals surface area contributed by atoms with Crippen molar-refractivity contribution in [2.45, 2.75) is 64.0 Å². The van der Waals surface area contributed by atoms with Crippen LogP contribution in [-0.2, 0) is 21.4 Å². The molecule has 0 atom stereocenters. The predicted molar refractivity (Wildman–Crippen MR) is 180 cm³/mol. The van der Waals surface area contributed by atoms with Crippen LogP contribution < -0.4 is 10.5 Å². The van der Waals surface area contributed by atoms with Gasteiger partial charge in [-0.2, -0.15) is 0 Å². The molecule has 2 aromatic carbocycles. The fraction of sp³-hybridized carbons (Fsp3) is 0.457. The highest BCUT2D eigenvalue weighted by atomic mass is 35.5. The second-order valence-electron chi connectivity index (χ2n) is 13.1. The number of nitrogens with zero attached hydrogens (tertiary/aromatic N) is 3. The van der Waals surface area contributed by atoms with E-state index in [1.165, 1.54) is 0 Å². The van der Waals surface area contributed by atoms with Gasteiger partial charge in [-0.05, 0) is 108 Å². The number of carbonyl (C=O) groups is 3. The van der Waals surface area contributed by atoms with Crippen molar-refractivity contribution in [2.24, 2.45) is 12.8 Å². The van der Waals surface area contributed by atoms with E-state index in [1.807, 2.05) is 40.8 Å². The van der Waals surface area contributed by atoms with E-state index >= 15 is 0 Å². The number of esters is 1. The molecule has 1 aromatic heterocycles. The second-order valence-corrected chi connectivity index (χ2v) is 14.0. The lowest BCUT2D eigenvalue weighted by Crippen LogP contribution is -2.63. The largest absolute Gasteiger partial charge is 0.482 e. The van der Waals surface area contributed by atoms with E-state index in [2.05, 4.69) is 4.90 Å². The van der Waals surface area contributed by atoms with Gasteiger partial charge in [-0.3, -0.25) is 14.5 Å². The lowest BCUT2D eigenvalue weighted by Gasteiger charge is -2.48. The zero-order valence-electron chi connectivity index (χ0n) is 26.9. The molecule has 2 aliphatic heterocycles. The van der Waals surface area contributed by atoms with E-state index in [0.717, 1.165) is 54.7 Å². The molecule has 0 radical (unpaired) electrons. The highest BCUT2D eigenvalue weighted by Crippen LogP contribution is 2.40. The van der Waals surface area contributed by atoms with Gasteiger partial charge >= 0.3 is 5.97 Å². The SMILES string of the molecule is Cn1c(C(=O)N2CCC(C(N)=O)(N3CCCCC3)CC2)cc(-c2ccc(Cl)cc2Cl)c1-c1ccc(OCC(=O)OC(C)(C)C)cc1. The van der Waals surface area contributed by atoms with Crippen molar-refractivity contribution in [2.75, 3.05) is 32.8 Å². The first kappa shape index (κ1) is 33.8. The Balaban J connectivity index is 1.42. The van der Waals surface area contributed by atoms with Crippen LogP contribution in [-0.4, -0.2) is 76.1 Å². The number of nitrogens with two attached hydrogens (primary N) is 1. The average Bonchev–Trinajstić information content (AvgIpc) is 3.35. The number of halogens is 2. The van der Waals surface area contributed by atoms with Crippen LogP contribution in [0.15, 0.2) is 48.5 Å². The van der Waals surface area contributed by atoms with Crippen LogP contribution in [0.3, 0.4) is 0 Å². The summed E-state index contributed by atoms with van der Waals surface area (Å²) >= 11 is 12.9. The molecule has 2 fully saturated rings. The third kappa shape index (κ3) is 7.22. The highest BCUT2D eigenvalue weighted by Gasteiger charge is 2.46. The molecule has 46 heavy (non-hydrogen) atoms. The van der Waals surface area contributed by atoms with Crippen LogP contribution in [0, 0.1) is 0 Å². The Hall–Kier alpha value is -3.53. The molecule has 5 rings (SSSR count). The van der Waals surface area contributed by atoms with E-state index in [4.69, 9.17) is 38.4 Å². The molecule has 2 N–H and O–H groups in total. The zero-order chi connectivity index (χ0) is 33.2. The monoisotopic (exact) mass is 668 g/mol. The molecule has 11 heteroatoms. The molecule has 2 aliphatic rings. The normalized spacial score (nSPS) is 17.0. The zero-order valence-corrected chi connectivity index (χ0v) is 28.4. The molecule has 9 nitrogen and oxygen atoms in total. The van der Waals surface area contributed by atoms with Crippen molar-refractivity contribution in [3.8, 4) is 28.1 Å². The quantitative estimate of drug-likeness (QED) is 0.281. The second kappa shape index (κ2) is 13.7. The first-order valence-electron chi connectivity index (χ1n) is 15.7. The minimum atomic E-state index is -0.716. The fourth-order valence-corrected chi connectivity index (χ4v) is 7.09. The Morgan fingerprint density at radius 3 is 2.13 bits per heavy atom. The fourth-order valence-electron chi connectivity index (χ4n) is 6.57. The van der Waals surface area contributed by atoms with Crippen molar-refractivity contribution in [3.63, 3.8) is 0 Å². The number of hydrogen-bond acceptors (Lipinski definition) is 6. The van der Waals surface area contributed by atoms with Gasteiger partial charge in [0.1, 0.15) is 22.6 Å². The molecule has 0 unspecified atom stereocenters. The van der Waals surface area contributed by atoms with Crippen molar-refractivity contribution >= 4 is 41.0 Å². The van der Waals surface area contributed by atoms with Crippen LogP contribution >= 0.6 is 23.2 Å². The van der Waals surface area contributed by atoms with Gasteiger partial charge in [-0.25, -0.2) is 4.79 Å². The summed E-state index contributed by atoms with van der Waals surface area (Å²) in [5.41, 5.74) is 8.28. The molecule has 2 saturated heterocycles. The molecule has 0 saturated carbocycles. The number of carbonyl (C=O) groups excluding carboxylic acids is 3. The van der Waals surface area contributed by atoms with Gasteiger partial charge in [0.15, 0.2) is 6.61 Å². The molecule has 0 aliphatic carbocycles. The number of amides is 2. The van der Waals surface area contributed by atoms with Crippen molar-refractivity contribution in [1.29, 1.82) is 0 Å². The van der Waals surface area contributed by atoms with Crippen molar-refractivity contribution in [3.05, 3.63) is 64.3 Å². The van der Waals surface area contributed by atoms with Crippen LogP contribution in [0.25, 0.3) is 22.4 Å². The summed E-state index contributed by atoms with van der Waals surface area (Å²) in [7, 11) is 1.86. The molecule has 0 bridgehead atoms. The smallest absolute Gasteiger partial charge is 0.344 e. The van der Waals surface area contributed by atoms with Gasteiger partial charge < -0.3 is 24.7 Å². The number of piperidine rings is 2. The number of ether oxygens (including phenoxy) is 2. The predicted octanol–water partition coefficient (Wildman–Crippen LogP) is 6.33. The first-order valence-corrected chi connectivity index (χ1v) is 16.5. The van der Waals surface area contributed by atoms with E-state index in [-0.39, 0.29) is 18.4 Å². The Morgan fingerprint density at radius 2 is 1.54 bits per heavy atom. The van der Waals surface area contributed by atoms with Gasteiger partial charge in [0, 0.05) is 41.3 Å². The van der Waals surface area contributed by atoms with Gasteiger partial charge in [0.05, 0.1) is 5.69 Å². The number of benzene rings is 2. The number of likely N-dealkylation sites (tertiary alicyclic amines) is 2. The van der Waals surface area contributed by atoms with Gasteiger partial charge in [0.25, 0.3) is 5.91 Å². The Bertz CT molecular complexity index is 1600. The van der Waals surface area contributed by atoms with Crippen LogP contribution in [0.1, 0.15) is 63.4 Å².